The molecule has 204 valence electrons. The molecular weight excluding hydrogens is 518 g/mol. The summed E-state index contributed by atoms with van der Waals surface area (Å²) in [5.74, 6) is 0. The predicted octanol–water partition coefficient (Wildman–Crippen LogP) is 10.5. The Morgan fingerprint density at radius 2 is 1.39 bits per heavy atom. The van der Waals surface area contributed by atoms with Crippen LogP contribution in [0.15, 0.2) is 102 Å². The van der Waals surface area contributed by atoms with Crippen molar-refractivity contribution in [2.75, 3.05) is 0 Å². The number of rotatable bonds is 4. The molecule has 0 N–H and O–H groups in total. The van der Waals surface area contributed by atoms with E-state index in [9.17, 15) is 0 Å². The van der Waals surface area contributed by atoms with E-state index in [2.05, 4.69) is 125 Å². The number of hydrogen-bond donors (Lipinski definition) is 0. The lowest BCUT2D eigenvalue weighted by atomic mass is 9.79. The van der Waals surface area contributed by atoms with Crippen molar-refractivity contribution in [3.63, 3.8) is 0 Å². The second-order valence-corrected chi connectivity index (χ2v) is 13.7. The fraction of sp³-hybridized carbons (Fsp3) is 0.216. The number of nitrogens with zero attached hydrogens (tertiary/aromatic N) is 3. The summed E-state index contributed by atoms with van der Waals surface area (Å²) in [6.07, 6.45) is 5.78. The lowest BCUT2D eigenvalue weighted by molar-refractivity contribution is 0.568. The molecule has 0 saturated carbocycles. The molecule has 0 atom stereocenters. The summed E-state index contributed by atoms with van der Waals surface area (Å²) in [4.78, 5) is 14.5. The van der Waals surface area contributed by atoms with Crippen molar-refractivity contribution >= 4 is 44.2 Å². The highest BCUT2D eigenvalue weighted by Gasteiger charge is 2.20. The van der Waals surface area contributed by atoms with Crippen LogP contribution in [0.2, 0.25) is 0 Å². The van der Waals surface area contributed by atoms with E-state index in [1.54, 1.807) is 11.3 Å². The molecule has 0 spiro atoms. The molecule has 0 aliphatic heterocycles. The van der Waals surface area contributed by atoms with E-state index in [4.69, 9.17) is 9.98 Å². The molecule has 6 rings (SSSR count). The Kier molecular flexibility index (Phi) is 6.83. The van der Waals surface area contributed by atoms with Gasteiger partial charge in [-0.1, -0.05) is 90.1 Å². The average molecular weight is 554 g/mol. The van der Waals surface area contributed by atoms with Crippen LogP contribution >= 0.6 is 11.3 Å². The summed E-state index contributed by atoms with van der Waals surface area (Å²) in [7, 11) is 0. The number of benzene rings is 4. The van der Waals surface area contributed by atoms with Crippen LogP contribution in [-0.4, -0.2) is 16.2 Å². The second kappa shape index (κ2) is 10.4. The maximum atomic E-state index is 5.20. The van der Waals surface area contributed by atoms with Gasteiger partial charge in [0.2, 0.25) is 0 Å². The number of fused-ring (bicyclic) bond motifs is 2. The Balaban J connectivity index is 1.43. The van der Waals surface area contributed by atoms with Crippen LogP contribution in [-0.2, 0) is 10.8 Å². The quantitative estimate of drug-likeness (QED) is 0.204. The third-order valence-corrected chi connectivity index (χ3v) is 8.62. The van der Waals surface area contributed by atoms with Crippen molar-refractivity contribution < 1.29 is 0 Å². The average Bonchev–Trinajstić information content (AvgIpc) is 3.39. The van der Waals surface area contributed by atoms with E-state index in [0.717, 1.165) is 43.0 Å². The minimum absolute atomic E-state index is 0.0566. The van der Waals surface area contributed by atoms with Gasteiger partial charge in [0.25, 0.3) is 0 Å². The molecule has 0 radical (unpaired) electrons. The molecule has 41 heavy (non-hydrogen) atoms. The second-order valence-electron chi connectivity index (χ2n) is 12.7. The van der Waals surface area contributed by atoms with Gasteiger partial charge in [0.05, 0.1) is 15.9 Å². The van der Waals surface area contributed by atoms with E-state index >= 15 is 0 Å². The van der Waals surface area contributed by atoms with E-state index in [0.29, 0.717) is 0 Å². The minimum atomic E-state index is 0.0566. The molecule has 0 aliphatic rings. The first-order valence-corrected chi connectivity index (χ1v) is 14.9. The highest BCUT2D eigenvalue weighted by molar-refractivity contribution is 7.21. The summed E-state index contributed by atoms with van der Waals surface area (Å²) in [5.41, 5.74) is 9.16. The van der Waals surface area contributed by atoms with Gasteiger partial charge in [-0.2, -0.15) is 0 Å². The van der Waals surface area contributed by atoms with Crippen molar-refractivity contribution in [3.8, 4) is 21.7 Å². The zero-order valence-corrected chi connectivity index (χ0v) is 25.4. The molecule has 0 fully saturated rings. The van der Waals surface area contributed by atoms with Crippen molar-refractivity contribution in [1.82, 2.24) is 9.97 Å². The highest BCUT2D eigenvalue weighted by atomic mass is 32.1. The molecule has 4 heteroatoms. The molecule has 0 unspecified atom stereocenters. The van der Waals surface area contributed by atoms with Gasteiger partial charge in [-0.15, -0.1) is 11.3 Å². The maximum absolute atomic E-state index is 5.20. The summed E-state index contributed by atoms with van der Waals surface area (Å²) >= 11 is 1.71. The van der Waals surface area contributed by atoms with Gasteiger partial charge in [0.1, 0.15) is 5.01 Å². The van der Waals surface area contributed by atoms with Crippen LogP contribution < -0.4 is 0 Å². The van der Waals surface area contributed by atoms with E-state index in [1.807, 2.05) is 24.7 Å². The van der Waals surface area contributed by atoms with Crippen LogP contribution in [0.25, 0.3) is 42.7 Å². The Labute approximate surface area is 246 Å². The van der Waals surface area contributed by atoms with E-state index in [-0.39, 0.29) is 10.8 Å². The third kappa shape index (κ3) is 5.45. The molecule has 6 aromatic rings. The number of aromatic nitrogens is 2. The van der Waals surface area contributed by atoms with Crippen LogP contribution in [0.5, 0.6) is 0 Å². The Bertz CT molecular complexity index is 1880. The van der Waals surface area contributed by atoms with Crippen LogP contribution in [0.4, 0.5) is 5.69 Å². The molecular formula is C37H35N3S. The lowest BCUT2D eigenvalue weighted by Crippen LogP contribution is -2.17. The molecule has 2 heterocycles. The van der Waals surface area contributed by atoms with Gasteiger partial charge in [0.15, 0.2) is 0 Å². The molecule has 0 bridgehead atoms. The summed E-state index contributed by atoms with van der Waals surface area (Å²) in [6.45, 7) is 13.6. The minimum Gasteiger partial charge on any atom is -0.264 e. The van der Waals surface area contributed by atoms with Gasteiger partial charge in [-0.05, 0) is 74.9 Å². The molecule has 2 aromatic heterocycles. The number of pyridine rings is 1. The topological polar surface area (TPSA) is 38.1 Å². The predicted molar refractivity (Wildman–Crippen MR) is 177 cm³/mol. The first-order chi connectivity index (χ1) is 19.6. The zero-order valence-electron chi connectivity index (χ0n) is 24.6. The lowest BCUT2D eigenvalue weighted by Gasteiger charge is -2.25. The standard InChI is InChI=1S/C37H35N3S/c1-36(2,3)26-19-24(20-27(21-26)37(4,5)6)22-39-32-15-8-7-12-31(32)35-40-34-30(14-10-16-33(34)41-35)29-13-9-11-25-23-38-18-17-28(25)29/h7-23H,1-6H3. The molecule has 0 aliphatic carbocycles. The van der Waals surface area contributed by atoms with Crippen molar-refractivity contribution in [1.29, 1.82) is 0 Å². The van der Waals surface area contributed by atoms with Gasteiger partial charge >= 0.3 is 0 Å². The van der Waals surface area contributed by atoms with Crippen LogP contribution in [0.3, 0.4) is 0 Å². The van der Waals surface area contributed by atoms with Crippen molar-refractivity contribution in [2.45, 2.75) is 52.4 Å². The monoisotopic (exact) mass is 553 g/mol. The molecule has 0 saturated heterocycles. The zero-order chi connectivity index (χ0) is 28.8. The normalized spacial score (nSPS) is 12.5. The Morgan fingerprint density at radius 1 is 0.707 bits per heavy atom. The largest absolute Gasteiger partial charge is 0.264 e. The maximum Gasteiger partial charge on any atom is 0.126 e. The number of para-hydroxylation sites is 2. The number of hydrogen-bond acceptors (Lipinski definition) is 4. The van der Waals surface area contributed by atoms with E-state index in [1.165, 1.54) is 22.1 Å². The Hall–Kier alpha value is -4.15. The van der Waals surface area contributed by atoms with Gasteiger partial charge in [0, 0.05) is 35.1 Å². The fourth-order valence-electron chi connectivity index (χ4n) is 5.14. The molecule has 3 nitrogen and oxygen atoms in total. The van der Waals surface area contributed by atoms with Gasteiger partial charge in [-0.3, -0.25) is 9.98 Å². The van der Waals surface area contributed by atoms with E-state index < -0.39 is 0 Å². The van der Waals surface area contributed by atoms with Gasteiger partial charge in [-0.25, -0.2) is 4.98 Å². The number of thiazole rings is 1. The fourth-order valence-corrected chi connectivity index (χ4v) is 6.17. The first-order valence-electron chi connectivity index (χ1n) is 14.1. The number of aliphatic imine (C=N–C) groups is 1. The van der Waals surface area contributed by atoms with Crippen molar-refractivity contribution in [3.05, 3.63) is 114 Å². The first kappa shape index (κ1) is 27.0. The summed E-state index contributed by atoms with van der Waals surface area (Å²) < 4.78 is 1.16. The van der Waals surface area contributed by atoms with Crippen molar-refractivity contribution in [2.24, 2.45) is 4.99 Å². The summed E-state index contributed by atoms with van der Waals surface area (Å²) in [6, 6.07) is 30.1. The van der Waals surface area contributed by atoms with Crippen LogP contribution in [0.1, 0.15) is 58.2 Å². The van der Waals surface area contributed by atoms with Crippen LogP contribution in [0, 0.1) is 0 Å². The Morgan fingerprint density at radius 3 is 2.15 bits per heavy atom. The molecule has 4 aromatic carbocycles. The third-order valence-electron chi connectivity index (χ3n) is 7.56. The highest BCUT2D eigenvalue weighted by Crippen LogP contribution is 2.40. The smallest absolute Gasteiger partial charge is 0.126 e. The molecule has 0 amide bonds. The van der Waals surface area contributed by atoms with Gasteiger partial charge < -0.3 is 0 Å². The SMILES string of the molecule is CC(C)(C)c1cc(C=Nc2ccccc2-c2nc3c(-c4cccc5cnccc45)cccc3s2)cc(C(C)(C)C)c1. The summed E-state index contributed by atoms with van der Waals surface area (Å²) in [5, 5.41) is 3.28.